The minimum absolute atomic E-state index is 0.338. The Labute approximate surface area is 138 Å². The fraction of sp³-hybridized carbons (Fsp3) is 0.188. The zero-order valence-electron chi connectivity index (χ0n) is 11.9. The first-order valence-corrected chi connectivity index (χ1v) is 7.47. The normalized spacial score (nSPS) is 17.7. The van der Waals surface area contributed by atoms with Crippen molar-refractivity contribution in [1.82, 2.24) is 0 Å². The summed E-state index contributed by atoms with van der Waals surface area (Å²) in [5.41, 5.74) is 0.221. The number of fused-ring (bicyclic) bond motifs is 1. The number of halogens is 4. The average Bonchev–Trinajstić information content (AvgIpc) is 2.51. The summed E-state index contributed by atoms with van der Waals surface area (Å²) < 4.78 is 44.4. The van der Waals surface area contributed by atoms with E-state index in [1.807, 2.05) is 0 Å². The first-order valence-electron chi connectivity index (χ1n) is 6.68. The summed E-state index contributed by atoms with van der Waals surface area (Å²) >= 11 is 3.32. The van der Waals surface area contributed by atoms with E-state index in [-0.39, 0.29) is 5.91 Å². The Morgan fingerprint density at radius 2 is 1.78 bits per heavy atom. The number of hydrogen-bond donors (Lipinski definition) is 0. The van der Waals surface area contributed by atoms with Gasteiger partial charge in [0.15, 0.2) is 0 Å². The number of hydrogen-bond acceptors (Lipinski definition) is 2. The van der Waals surface area contributed by atoms with Gasteiger partial charge in [-0.1, -0.05) is 28.1 Å². The lowest BCUT2D eigenvalue weighted by Crippen LogP contribution is -2.38. The minimum Gasteiger partial charge on any atom is -0.474 e. The van der Waals surface area contributed by atoms with Crippen LogP contribution in [-0.2, 0) is 11.0 Å². The second-order valence-electron chi connectivity index (χ2n) is 5.13. The second-order valence-corrected chi connectivity index (χ2v) is 6.04. The maximum atomic E-state index is 12.6. The van der Waals surface area contributed by atoms with E-state index in [4.69, 9.17) is 4.74 Å². The van der Waals surface area contributed by atoms with Crippen LogP contribution in [0.25, 0.3) is 0 Å². The molecule has 0 radical (unpaired) electrons. The van der Waals surface area contributed by atoms with Crippen molar-refractivity contribution >= 4 is 27.5 Å². The van der Waals surface area contributed by atoms with Crippen LogP contribution in [0.4, 0.5) is 18.9 Å². The van der Waals surface area contributed by atoms with Gasteiger partial charge < -0.3 is 9.64 Å². The molecule has 1 aliphatic rings. The highest BCUT2D eigenvalue weighted by Crippen LogP contribution is 2.40. The molecule has 0 bridgehead atoms. The van der Waals surface area contributed by atoms with Crippen molar-refractivity contribution in [2.45, 2.75) is 12.3 Å². The lowest BCUT2D eigenvalue weighted by molar-refractivity contribution is -0.137. The Kier molecular flexibility index (Phi) is 3.83. The van der Waals surface area contributed by atoms with Crippen LogP contribution in [0, 0.1) is 0 Å². The highest BCUT2D eigenvalue weighted by molar-refractivity contribution is 9.10. The molecular formula is C16H11BrF3NO2. The Morgan fingerprint density at radius 3 is 2.39 bits per heavy atom. The number of nitrogens with zero attached hydrogens (tertiary/aromatic N) is 1. The molecule has 1 amide bonds. The molecule has 0 fully saturated rings. The van der Waals surface area contributed by atoms with Gasteiger partial charge in [0.25, 0.3) is 5.91 Å². The summed E-state index contributed by atoms with van der Waals surface area (Å²) in [6.45, 7) is 0. The molecule has 0 saturated carbocycles. The third kappa shape index (κ3) is 2.93. The van der Waals surface area contributed by atoms with E-state index in [9.17, 15) is 18.0 Å². The fourth-order valence-corrected chi connectivity index (χ4v) is 2.73. The van der Waals surface area contributed by atoms with Gasteiger partial charge in [-0.2, -0.15) is 13.2 Å². The maximum Gasteiger partial charge on any atom is 0.416 e. The van der Waals surface area contributed by atoms with Gasteiger partial charge in [-0.15, -0.1) is 0 Å². The highest BCUT2D eigenvalue weighted by atomic mass is 79.9. The average molecular weight is 386 g/mol. The maximum absolute atomic E-state index is 12.6. The molecule has 1 atom stereocenters. The number of likely N-dealkylation sites (N-methyl/N-ethyl adjacent to an activating group) is 1. The van der Waals surface area contributed by atoms with Crippen LogP contribution in [0.15, 0.2) is 46.9 Å². The molecular weight excluding hydrogens is 375 g/mol. The Morgan fingerprint density at radius 1 is 1.13 bits per heavy atom. The number of carbonyl (C=O) groups is 1. The number of carbonyl (C=O) groups excluding carboxylic acids is 1. The van der Waals surface area contributed by atoms with Gasteiger partial charge in [0.05, 0.1) is 11.3 Å². The summed E-state index contributed by atoms with van der Waals surface area (Å²) in [7, 11) is 1.60. The molecule has 0 saturated heterocycles. The predicted molar refractivity (Wildman–Crippen MR) is 82.4 cm³/mol. The first-order chi connectivity index (χ1) is 10.8. The number of alkyl halides is 3. The van der Waals surface area contributed by atoms with Crippen LogP contribution in [0.3, 0.4) is 0 Å². The highest BCUT2D eigenvalue weighted by Gasteiger charge is 2.35. The molecule has 0 aromatic heterocycles. The molecule has 1 unspecified atom stereocenters. The van der Waals surface area contributed by atoms with Crippen LogP contribution in [0.1, 0.15) is 17.2 Å². The number of rotatable bonds is 1. The summed E-state index contributed by atoms with van der Waals surface area (Å²) in [6.07, 6.45) is -5.37. The lowest BCUT2D eigenvalue weighted by Gasteiger charge is -2.32. The molecule has 1 heterocycles. The van der Waals surface area contributed by atoms with Crippen molar-refractivity contribution in [3.05, 3.63) is 58.1 Å². The zero-order valence-corrected chi connectivity index (χ0v) is 13.5. The monoisotopic (exact) mass is 385 g/mol. The zero-order chi connectivity index (χ0) is 16.8. The minimum atomic E-state index is -4.41. The lowest BCUT2D eigenvalue weighted by atomic mass is 10.0. The van der Waals surface area contributed by atoms with Crippen molar-refractivity contribution in [2.24, 2.45) is 0 Å². The molecule has 23 heavy (non-hydrogen) atoms. The predicted octanol–water partition coefficient (Wildman–Crippen LogP) is 4.56. The summed E-state index contributed by atoms with van der Waals surface area (Å²) in [5, 5.41) is 0. The van der Waals surface area contributed by atoms with Gasteiger partial charge in [0.2, 0.25) is 6.10 Å². The number of benzene rings is 2. The van der Waals surface area contributed by atoms with Crippen LogP contribution in [0.5, 0.6) is 5.75 Å². The van der Waals surface area contributed by atoms with Gasteiger partial charge in [-0.25, -0.2) is 0 Å². The van der Waals surface area contributed by atoms with Crippen molar-refractivity contribution in [3.63, 3.8) is 0 Å². The van der Waals surface area contributed by atoms with E-state index >= 15 is 0 Å². The molecule has 0 N–H and O–H groups in total. The Balaban J connectivity index is 1.95. The van der Waals surface area contributed by atoms with E-state index in [0.717, 1.165) is 16.6 Å². The quantitative estimate of drug-likeness (QED) is 0.719. The third-order valence-corrected chi connectivity index (χ3v) is 4.12. The topological polar surface area (TPSA) is 29.5 Å². The largest absolute Gasteiger partial charge is 0.474 e. The van der Waals surface area contributed by atoms with Crippen LogP contribution >= 0.6 is 15.9 Å². The van der Waals surface area contributed by atoms with E-state index in [1.54, 1.807) is 25.2 Å². The molecule has 2 aromatic rings. The van der Waals surface area contributed by atoms with Crippen molar-refractivity contribution in [3.8, 4) is 5.75 Å². The van der Waals surface area contributed by atoms with Crippen LogP contribution in [-0.4, -0.2) is 13.0 Å². The molecule has 1 aliphatic heterocycles. The molecule has 0 spiro atoms. The summed E-state index contributed by atoms with van der Waals surface area (Å²) in [5.74, 6) is 0.163. The summed E-state index contributed by atoms with van der Waals surface area (Å²) in [6, 6.07) is 9.65. The van der Waals surface area contributed by atoms with Gasteiger partial charge in [0.1, 0.15) is 5.75 Å². The molecule has 3 rings (SSSR count). The smallest absolute Gasteiger partial charge is 0.416 e. The molecule has 7 heteroatoms. The van der Waals surface area contributed by atoms with Crippen molar-refractivity contribution in [2.75, 3.05) is 11.9 Å². The second kappa shape index (κ2) is 5.56. The van der Waals surface area contributed by atoms with Gasteiger partial charge in [-0.3, -0.25) is 4.79 Å². The standard InChI is InChI=1S/C16H11BrF3NO2/c1-21-12-8-11(17)6-7-13(12)23-14(15(21)22)9-2-4-10(5-3-9)16(18,19)20/h2-8,14H,1H3. The van der Waals surface area contributed by atoms with Gasteiger partial charge >= 0.3 is 6.18 Å². The van der Waals surface area contributed by atoms with Crippen LogP contribution in [0.2, 0.25) is 0 Å². The molecule has 120 valence electrons. The number of anilines is 1. The first kappa shape index (κ1) is 15.9. The third-order valence-electron chi connectivity index (χ3n) is 3.62. The van der Waals surface area contributed by atoms with Crippen molar-refractivity contribution < 1.29 is 22.7 Å². The molecule has 3 nitrogen and oxygen atoms in total. The van der Waals surface area contributed by atoms with Gasteiger partial charge in [-0.05, 0) is 30.3 Å². The Hall–Kier alpha value is -2.02. The molecule has 2 aromatic carbocycles. The number of amides is 1. The van der Waals surface area contributed by atoms with Gasteiger partial charge in [0, 0.05) is 17.1 Å². The van der Waals surface area contributed by atoms with Crippen LogP contribution < -0.4 is 9.64 Å². The molecule has 0 aliphatic carbocycles. The van der Waals surface area contributed by atoms with E-state index in [1.165, 1.54) is 17.0 Å². The van der Waals surface area contributed by atoms with E-state index in [2.05, 4.69) is 15.9 Å². The Bertz CT molecular complexity index is 759. The number of ether oxygens (including phenoxy) is 1. The SMILES string of the molecule is CN1C(=O)C(c2ccc(C(F)(F)F)cc2)Oc2ccc(Br)cc21. The fourth-order valence-electron chi connectivity index (χ4n) is 2.38. The summed E-state index contributed by atoms with van der Waals surface area (Å²) in [4.78, 5) is 13.9. The van der Waals surface area contributed by atoms with E-state index < -0.39 is 17.8 Å². The van der Waals surface area contributed by atoms with Crippen molar-refractivity contribution in [1.29, 1.82) is 0 Å². The van der Waals surface area contributed by atoms with E-state index in [0.29, 0.717) is 17.0 Å².